The van der Waals surface area contributed by atoms with Gasteiger partial charge in [-0.05, 0) is 26.3 Å². The maximum atomic E-state index is 8.65. The summed E-state index contributed by atoms with van der Waals surface area (Å²) in [6.45, 7) is 6.15. The molecule has 1 heterocycles. The van der Waals surface area contributed by atoms with Gasteiger partial charge < -0.3 is 0 Å². The second-order valence-corrected chi connectivity index (χ2v) is 4.48. The summed E-state index contributed by atoms with van der Waals surface area (Å²) in [5.41, 5.74) is 0.866. The van der Waals surface area contributed by atoms with Crippen LogP contribution in [-0.4, -0.2) is 9.78 Å². The highest BCUT2D eigenvalue weighted by Crippen LogP contribution is 2.14. The first kappa shape index (κ1) is 11.3. The lowest BCUT2D eigenvalue weighted by Crippen LogP contribution is -2.21. The lowest BCUT2D eigenvalue weighted by Gasteiger charge is -2.18. The van der Waals surface area contributed by atoms with Gasteiger partial charge in [-0.2, -0.15) is 15.6 Å². The van der Waals surface area contributed by atoms with Crippen LogP contribution in [0.15, 0.2) is 12.4 Å². The summed E-state index contributed by atoms with van der Waals surface area (Å²) < 4.78 is 1.84. The molecule has 78 valence electrons. The van der Waals surface area contributed by atoms with E-state index in [1.54, 1.807) is 6.20 Å². The first-order valence-corrected chi connectivity index (χ1v) is 4.80. The number of hydrogen-bond acceptors (Lipinski definition) is 3. The maximum absolute atomic E-state index is 8.65. The molecule has 0 aliphatic heterocycles. The van der Waals surface area contributed by atoms with Crippen molar-refractivity contribution in [2.45, 2.75) is 32.7 Å². The van der Waals surface area contributed by atoms with Crippen molar-refractivity contribution in [1.29, 1.82) is 10.5 Å². The average Bonchev–Trinajstić information content (AvgIpc) is 2.61. The van der Waals surface area contributed by atoms with Crippen molar-refractivity contribution in [3.8, 4) is 12.1 Å². The van der Waals surface area contributed by atoms with Crippen LogP contribution in [0.1, 0.15) is 26.3 Å². The number of hydrogen-bond donors (Lipinski definition) is 0. The maximum Gasteiger partial charge on any atom is 0.137 e. The second-order valence-electron chi connectivity index (χ2n) is 4.48. The Morgan fingerprint density at radius 3 is 2.40 bits per heavy atom. The van der Waals surface area contributed by atoms with Crippen molar-refractivity contribution >= 4 is 0 Å². The highest BCUT2D eigenvalue weighted by atomic mass is 15.3. The summed E-state index contributed by atoms with van der Waals surface area (Å²) in [4.78, 5) is 0. The quantitative estimate of drug-likeness (QED) is 0.735. The van der Waals surface area contributed by atoms with Gasteiger partial charge in [-0.3, -0.25) is 4.68 Å². The molecule has 0 amide bonds. The van der Waals surface area contributed by atoms with Crippen LogP contribution in [0.4, 0.5) is 0 Å². The third-order valence-electron chi connectivity index (χ3n) is 2.07. The Balaban J connectivity index is 2.79. The number of nitrogens with zero attached hydrogens (tertiary/aromatic N) is 4. The fourth-order valence-electron chi connectivity index (χ4n) is 1.19. The third-order valence-corrected chi connectivity index (χ3v) is 2.07. The van der Waals surface area contributed by atoms with E-state index in [2.05, 4.69) is 25.9 Å². The summed E-state index contributed by atoms with van der Waals surface area (Å²) in [6.07, 6.45) is 4.05. The monoisotopic (exact) mass is 202 g/mol. The van der Waals surface area contributed by atoms with Crippen LogP contribution in [0.25, 0.3) is 0 Å². The summed E-state index contributed by atoms with van der Waals surface area (Å²) >= 11 is 0. The minimum Gasteiger partial charge on any atom is -0.267 e. The molecule has 0 radical (unpaired) electrons. The van der Waals surface area contributed by atoms with E-state index in [0.717, 1.165) is 5.56 Å². The van der Waals surface area contributed by atoms with E-state index in [1.165, 1.54) is 0 Å². The molecule has 0 aliphatic carbocycles. The first-order valence-electron chi connectivity index (χ1n) is 4.80. The molecule has 15 heavy (non-hydrogen) atoms. The van der Waals surface area contributed by atoms with Crippen molar-refractivity contribution in [1.82, 2.24) is 9.78 Å². The van der Waals surface area contributed by atoms with E-state index >= 15 is 0 Å². The molecule has 1 aromatic rings. The summed E-state index contributed by atoms with van der Waals surface area (Å²) in [6, 6.07) is 3.90. The summed E-state index contributed by atoms with van der Waals surface area (Å²) in [7, 11) is 0. The van der Waals surface area contributed by atoms with Crippen LogP contribution in [-0.2, 0) is 12.0 Å². The van der Waals surface area contributed by atoms with Crippen LogP contribution in [0.3, 0.4) is 0 Å². The normalized spacial score (nSPS) is 11.1. The molecule has 0 saturated carbocycles. The zero-order valence-electron chi connectivity index (χ0n) is 9.23. The van der Waals surface area contributed by atoms with E-state index < -0.39 is 5.92 Å². The van der Waals surface area contributed by atoms with Gasteiger partial charge >= 0.3 is 0 Å². The van der Waals surface area contributed by atoms with Gasteiger partial charge in [-0.15, -0.1) is 0 Å². The SMILES string of the molecule is CC(C)(C)n1cc(CC(C#N)C#N)cn1. The van der Waals surface area contributed by atoms with Crippen LogP contribution in [0.5, 0.6) is 0 Å². The fraction of sp³-hybridized carbons (Fsp3) is 0.545. The Morgan fingerprint density at radius 1 is 1.40 bits per heavy atom. The first-order chi connectivity index (χ1) is 6.97. The highest BCUT2D eigenvalue weighted by Gasteiger charge is 2.15. The van der Waals surface area contributed by atoms with E-state index in [9.17, 15) is 0 Å². The van der Waals surface area contributed by atoms with Crippen LogP contribution >= 0.6 is 0 Å². The van der Waals surface area contributed by atoms with Crippen molar-refractivity contribution in [3.05, 3.63) is 18.0 Å². The number of rotatable bonds is 2. The predicted molar refractivity (Wildman–Crippen MR) is 55.6 cm³/mol. The lowest BCUT2D eigenvalue weighted by molar-refractivity contribution is 0.355. The van der Waals surface area contributed by atoms with Crippen molar-refractivity contribution in [2.75, 3.05) is 0 Å². The topological polar surface area (TPSA) is 65.4 Å². The van der Waals surface area contributed by atoms with Gasteiger partial charge in [0.25, 0.3) is 0 Å². The molecule has 4 nitrogen and oxygen atoms in total. The molecule has 0 bridgehead atoms. The minimum absolute atomic E-state index is 0.0625. The van der Waals surface area contributed by atoms with Crippen LogP contribution in [0.2, 0.25) is 0 Å². The highest BCUT2D eigenvalue weighted by molar-refractivity contribution is 5.13. The molecule has 0 fully saturated rings. The van der Waals surface area contributed by atoms with Crippen LogP contribution < -0.4 is 0 Å². The molecule has 0 saturated heterocycles. The van der Waals surface area contributed by atoms with Crippen LogP contribution in [0, 0.1) is 28.6 Å². The van der Waals surface area contributed by atoms with E-state index in [4.69, 9.17) is 10.5 Å². The van der Waals surface area contributed by atoms with Gasteiger partial charge in [0, 0.05) is 12.6 Å². The minimum atomic E-state index is -0.581. The molecule has 0 spiro atoms. The van der Waals surface area contributed by atoms with E-state index in [-0.39, 0.29) is 5.54 Å². The van der Waals surface area contributed by atoms with Crippen molar-refractivity contribution < 1.29 is 0 Å². The summed E-state index contributed by atoms with van der Waals surface area (Å²) in [5.74, 6) is -0.581. The molecule has 0 aromatic carbocycles. The van der Waals surface area contributed by atoms with Gasteiger partial charge in [0.05, 0.1) is 23.9 Å². The standard InChI is InChI=1S/C11H14N4/c1-11(2,3)15-8-10(7-14-15)4-9(5-12)6-13/h7-9H,4H2,1-3H3. The smallest absolute Gasteiger partial charge is 0.137 e. The van der Waals surface area contributed by atoms with Gasteiger partial charge in [0.15, 0.2) is 0 Å². The Morgan fingerprint density at radius 2 is 2.00 bits per heavy atom. The molecule has 1 aromatic heterocycles. The largest absolute Gasteiger partial charge is 0.267 e. The van der Waals surface area contributed by atoms with Gasteiger partial charge in [-0.1, -0.05) is 0 Å². The molecule has 1 rings (SSSR count). The Labute approximate surface area is 89.7 Å². The third kappa shape index (κ3) is 2.82. The lowest BCUT2D eigenvalue weighted by atomic mass is 10.1. The van der Waals surface area contributed by atoms with Gasteiger partial charge in [0.1, 0.15) is 5.92 Å². The fourth-order valence-corrected chi connectivity index (χ4v) is 1.19. The molecule has 0 N–H and O–H groups in total. The molecule has 0 unspecified atom stereocenters. The Kier molecular flexibility index (Phi) is 3.11. The second kappa shape index (κ2) is 4.14. The Bertz CT molecular complexity index is 397. The number of aromatic nitrogens is 2. The molecular formula is C11H14N4. The average molecular weight is 202 g/mol. The molecule has 0 aliphatic rings. The van der Waals surface area contributed by atoms with E-state index in [1.807, 2.05) is 23.0 Å². The van der Waals surface area contributed by atoms with E-state index in [0.29, 0.717) is 6.42 Å². The molecular weight excluding hydrogens is 188 g/mol. The van der Waals surface area contributed by atoms with Gasteiger partial charge in [-0.25, -0.2) is 0 Å². The molecule has 0 atom stereocenters. The van der Waals surface area contributed by atoms with Crippen molar-refractivity contribution in [3.63, 3.8) is 0 Å². The van der Waals surface area contributed by atoms with Crippen molar-refractivity contribution in [2.24, 2.45) is 5.92 Å². The zero-order chi connectivity index (χ0) is 11.5. The predicted octanol–water partition coefficient (Wildman–Crippen LogP) is 1.84. The Hall–Kier alpha value is -1.81. The zero-order valence-corrected chi connectivity index (χ0v) is 9.23. The van der Waals surface area contributed by atoms with Gasteiger partial charge in [0.2, 0.25) is 0 Å². The number of nitriles is 2. The molecule has 4 heteroatoms. The summed E-state index contributed by atoms with van der Waals surface area (Å²) in [5, 5.41) is 21.5.